The monoisotopic (exact) mass is 211 g/mol. The third-order valence-electron chi connectivity index (χ3n) is 1.50. The largest absolute Gasteiger partial charge is 0.478 e. The summed E-state index contributed by atoms with van der Waals surface area (Å²) in [5.41, 5.74) is 0.544. The molecule has 0 aliphatic heterocycles. The maximum atomic E-state index is 11.1. The number of carbonyl (C=O) groups excluding carboxylic acids is 1. The Morgan fingerprint density at radius 3 is 2.86 bits per heavy atom. The summed E-state index contributed by atoms with van der Waals surface area (Å²) in [7, 11) is 1.55. The standard InChI is InChI=1S/C9H9NO3S/c1-10-9(13)6-4-7(14-5-6)2-3-8(11)12/h2-5H,1H3,(H,10,13)(H,11,12). The number of aliphatic carboxylic acids is 1. The first-order valence-corrected chi connectivity index (χ1v) is 4.73. The van der Waals surface area contributed by atoms with Crippen LogP contribution in [0.1, 0.15) is 15.2 Å². The first-order valence-electron chi connectivity index (χ1n) is 3.85. The van der Waals surface area contributed by atoms with Crippen LogP contribution in [0.4, 0.5) is 0 Å². The van der Waals surface area contributed by atoms with Gasteiger partial charge in [0.05, 0.1) is 5.56 Å². The number of amides is 1. The van der Waals surface area contributed by atoms with Crippen molar-refractivity contribution in [1.82, 2.24) is 5.32 Å². The van der Waals surface area contributed by atoms with Gasteiger partial charge in [0.1, 0.15) is 0 Å². The number of rotatable bonds is 3. The number of carboxylic acids is 1. The van der Waals surface area contributed by atoms with Crippen LogP contribution in [0, 0.1) is 0 Å². The average molecular weight is 211 g/mol. The topological polar surface area (TPSA) is 66.4 Å². The predicted octanol–water partition coefficient (Wildman–Crippen LogP) is 1.21. The Labute approximate surface area is 84.9 Å². The van der Waals surface area contributed by atoms with E-state index in [1.807, 2.05) is 0 Å². The van der Waals surface area contributed by atoms with Gasteiger partial charge < -0.3 is 10.4 Å². The fraction of sp³-hybridized carbons (Fsp3) is 0.111. The molecule has 74 valence electrons. The highest BCUT2D eigenvalue weighted by molar-refractivity contribution is 7.11. The van der Waals surface area contributed by atoms with E-state index in [9.17, 15) is 9.59 Å². The molecular weight excluding hydrogens is 202 g/mol. The van der Waals surface area contributed by atoms with Crippen molar-refractivity contribution in [1.29, 1.82) is 0 Å². The maximum absolute atomic E-state index is 11.1. The van der Waals surface area contributed by atoms with Crippen LogP contribution in [-0.2, 0) is 4.79 Å². The Balaban J connectivity index is 2.78. The van der Waals surface area contributed by atoms with Crippen LogP contribution >= 0.6 is 11.3 Å². The lowest BCUT2D eigenvalue weighted by Gasteiger charge is -1.91. The SMILES string of the molecule is CNC(=O)c1csc(C=CC(=O)O)c1. The minimum Gasteiger partial charge on any atom is -0.478 e. The van der Waals surface area contributed by atoms with Gasteiger partial charge in [-0.15, -0.1) is 11.3 Å². The Kier molecular flexibility index (Phi) is 3.41. The van der Waals surface area contributed by atoms with Crippen LogP contribution in [0.2, 0.25) is 0 Å². The van der Waals surface area contributed by atoms with Gasteiger partial charge in [-0.2, -0.15) is 0 Å². The van der Waals surface area contributed by atoms with Gasteiger partial charge in [-0.3, -0.25) is 4.79 Å². The van der Waals surface area contributed by atoms with E-state index < -0.39 is 5.97 Å². The molecule has 1 heterocycles. The molecule has 0 aliphatic rings. The van der Waals surface area contributed by atoms with E-state index in [4.69, 9.17) is 5.11 Å². The van der Waals surface area contributed by atoms with Gasteiger partial charge in [-0.05, 0) is 12.1 Å². The van der Waals surface area contributed by atoms with Crippen molar-refractivity contribution in [2.24, 2.45) is 0 Å². The number of nitrogens with one attached hydrogen (secondary N) is 1. The Hall–Kier alpha value is -1.62. The van der Waals surface area contributed by atoms with Gasteiger partial charge in [0, 0.05) is 23.4 Å². The van der Waals surface area contributed by atoms with E-state index in [-0.39, 0.29) is 5.91 Å². The molecule has 0 spiro atoms. The van der Waals surface area contributed by atoms with Crippen molar-refractivity contribution in [2.75, 3.05) is 7.05 Å². The van der Waals surface area contributed by atoms with Gasteiger partial charge in [-0.1, -0.05) is 0 Å². The van der Waals surface area contributed by atoms with Crippen LogP contribution in [0.15, 0.2) is 17.5 Å². The normalized spacial score (nSPS) is 10.4. The van der Waals surface area contributed by atoms with E-state index >= 15 is 0 Å². The van der Waals surface area contributed by atoms with E-state index in [1.165, 1.54) is 17.4 Å². The molecule has 2 N–H and O–H groups in total. The smallest absolute Gasteiger partial charge is 0.328 e. The van der Waals surface area contributed by atoms with E-state index in [0.29, 0.717) is 5.56 Å². The molecule has 0 atom stereocenters. The average Bonchev–Trinajstić information content (AvgIpc) is 2.62. The lowest BCUT2D eigenvalue weighted by Crippen LogP contribution is -2.16. The van der Waals surface area contributed by atoms with Crippen LogP contribution in [-0.4, -0.2) is 24.0 Å². The van der Waals surface area contributed by atoms with Crippen molar-refractivity contribution in [3.8, 4) is 0 Å². The van der Waals surface area contributed by atoms with Crippen molar-refractivity contribution in [3.05, 3.63) is 28.0 Å². The molecule has 0 radical (unpaired) electrons. The Bertz CT molecular complexity index is 381. The number of thiophene rings is 1. The first-order chi connectivity index (χ1) is 6.63. The molecule has 0 bridgehead atoms. The third kappa shape index (κ3) is 2.70. The van der Waals surface area contributed by atoms with E-state index in [1.54, 1.807) is 18.5 Å². The van der Waals surface area contributed by atoms with Crippen molar-refractivity contribution in [3.63, 3.8) is 0 Å². The molecule has 1 aromatic rings. The zero-order valence-corrected chi connectivity index (χ0v) is 8.30. The summed E-state index contributed by atoms with van der Waals surface area (Å²) in [6, 6.07) is 1.64. The summed E-state index contributed by atoms with van der Waals surface area (Å²) in [6.07, 6.45) is 2.50. The molecule has 1 amide bonds. The molecule has 14 heavy (non-hydrogen) atoms. The first kappa shape index (κ1) is 10.5. The number of hydrogen-bond acceptors (Lipinski definition) is 3. The summed E-state index contributed by atoms with van der Waals surface area (Å²) in [4.78, 5) is 22.1. The predicted molar refractivity (Wildman–Crippen MR) is 54.4 cm³/mol. The van der Waals surface area contributed by atoms with E-state index in [0.717, 1.165) is 11.0 Å². The minimum absolute atomic E-state index is 0.170. The molecule has 1 rings (SSSR count). The molecule has 4 nitrogen and oxygen atoms in total. The molecule has 1 aromatic heterocycles. The van der Waals surface area contributed by atoms with E-state index in [2.05, 4.69) is 5.32 Å². The maximum Gasteiger partial charge on any atom is 0.328 e. The molecule has 0 saturated carbocycles. The molecule has 0 aliphatic carbocycles. The highest BCUT2D eigenvalue weighted by Gasteiger charge is 2.04. The third-order valence-corrected chi connectivity index (χ3v) is 2.40. The summed E-state index contributed by atoms with van der Waals surface area (Å²) in [5, 5.41) is 12.5. The molecule has 0 fully saturated rings. The Morgan fingerprint density at radius 1 is 1.57 bits per heavy atom. The summed E-state index contributed by atoms with van der Waals surface area (Å²) in [6.45, 7) is 0. The molecule has 0 aromatic carbocycles. The molecule has 5 heteroatoms. The number of hydrogen-bond donors (Lipinski definition) is 2. The second-order valence-corrected chi connectivity index (χ2v) is 3.43. The van der Waals surface area contributed by atoms with Gasteiger partial charge in [0.2, 0.25) is 0 Å². The van der Waals surface area contributed by atoms with Crippen molar-refractivity contribution in [2.45, 2.75) is 0 Å². The van der Waals surface area contributed by atoms with Crippen molar-refractivity contribution >= 4 is 29.3 Å². The molecule has 0 saturated heterocycles. The Morgan fingerprint density at radius 2 is 2.29 bits per heavy atom. The summed E-state index contributed by atoms with van der Waals surface area (Å²) in [5.74, 6) is -1.17. The zero-order valence-electron chi connectivity index (χ0n) is 7.48. The van der Waals surface area contributed by atoms with Gasteiger partial charge >= 0.3 is 5.97 Å². The zero-order chi connectivity index (χ0) is 10.6. The van der Waals surface area contributed by atoms with Crippen LogP contribution in [0.5, 0.6) is 0 Å². The van der Waals surface area contributed by atoms with Gasteiger partial charge in [-0.25, -0.2) is 4.79 Å². The number of carbonyl (C=O) groups is 2. The van der Waals surface area contributed by atoms with Crippen molar-refractivity contribution < 1.29 is 14.7 Å². The fourth-order valence-corrected chi connectivity index (χ4v) is 1.64. The quantitative estimate of drug-likeness (QED) is 0.738. The summed E-state index contributed by atoms with van der Waals surface area (Å²) < 4.78 is 0. The highest BCUT2D eigenvalue weighted by atomic mass is 32.1. The lowest BCUT2D eigenvalue weighted by atomic mass is 10.3. The van der Waals surface area contributed by atoms with Crippen LogP contribution in [0.25, 0.3) is 6.08 Å². The fourth-order valence-electron chi connectivity index (χ4n) is 0.857. The highest BCUT2D eigenvalue weighted by Crippen LogP contribution is 2.15. The van der Waals surface area contributed by atoms with Gasteiger partial charge in [0.25, 0.3) is 5.91 Å². The van der Waals surface area contributed by atoms with Crippen LogP contribution in [0.3, 0.4) is 0 Å². The summed E-state index contributed by atoms with van der Waals surface area (Å²) >= 11 is 1.32. The second-order valence-electron chi connectivity index (χ2n) is 2.49. The molecule has 0 unspecified atom stereocenters. The van der Waals surface area contributed by atoms with Gasteiger partial charge in [0.15, 0.2) is 0 Å². The minimum atomic E-state index is -1.00. The number of carboxylic acid groups (broad SMARTS) is 1. The van der Waals surface area contributed by atoms with Crippen LogP contribution < -0.4 is 5.32 Å². The second kappa shape index (κ2) is 4.57. The molecular formula is C9H9NO3S. The lowest BCUT2D eigenvalue weighted by molar-refractivity contribution is -0.131.